The molecular formula is C9H9Cl2NO2. The average molecular weight is 234 g/mol. The number of carbonyl (C=O) groups excluding carboxylic acids is 1. The maximum atomic E-state index is 10.8. The highest BCUT2D eigenvalue weighted by molar-refractivity contribution is 6.35. The van der Waals surface area contributed by atoms with Gasteiger partial charge in [-0.3, -0.25) is 4.79 Å². The fraction of sp³-hybridized carbons (Fsp3) is 0.222. The monoisotopic (exact) mass is 233 g/mol. The van der Waals surface area contributed by atoms with E-state index < -0.39 is 0 Å². The number of anilines is 1. The van der Waals surface area contributed by atoms with Crippen molar-refractivity contribution in [3.8, 4) is 0 Å². The summed E-state index contributed by atoms with van der Waals surface area (Å²) < 4.78 is 4.46. The lowest BCUT2D eigenvalue weighted by atomic mass is 10.3. The number of ether oxygens (including phenoxy) is 1. The highest BCUT2D eigenvalue weighted by Crippen LogP contribution is 2.24. The highest BCUT2D eigenvalue weighted by Gasteiger charge is 2.03. The molecule has 0 heterocycles. The third-order valence-corrected chi connectivity index (χ3v) is 2.14. The van der Waals surface area contributed by atoms with Crippen LogP contribution in [-0.4, -0.2) is 19.6 Å². The van der Waals surface area contributed by atoms with Crippen molar-refractivity contribution in [3.05, 3.63) is 28.2 Å². The first-order valence-electron chi connectivity index (χ1n) is 3.89. The minimum atomic E-state index is -0.360. The first kappa shape index (κ1) is 11.1. The van der Waals surface area contributed by atoms with E-state index in [9.17, 15) is 4.79 Å². The van der Waals surface area contributed by atoms with Gasteiger partial charge in [0.15, 0.2) is 0 Å². The van der Waals surface area contributed by atoms with E-state index in [0.29, 0.717) is 15.7 Å². The van der Waals surface area contributed by atoms with Crippen molar-refractivity contribution in [2.45, 2.75) is 0 Å². The van der Waals surface area contributed by atoms with Gasteiger partial charge in [-0.25, -0.2) is 0 Å². The zero-order valence-corrected chi connectivity index (χ0v) is 9.02. The summed E-state index contributed by atoms with van der Waals surface area (Å²) in [5.74, 6) is -0.360. The second-order valence-corrected chi connectivity index (χ2v) is 3.40. The van der Waals surface area contributed by atoms with Crippen LogP contribution in [0.2, 0.25) is 10.0 Å². The molecule has 0 aliphatic heterocycles. The van der Waals surface area contributed by atoms with Gasteiger partial charge in [-0.2, -0.15) is 0 Å². The molecule has 3 nitrogen and oxygen atoms in total. The molecule has 1 rings (SSSR count). The van der Waals surface area contributed by atoms with Crippen molar-refractivity contribution >= 4 is 34.9 Å². The molecule has 0 radical (unpaired) electrons. The Bertz CT molecular complexity index is 342. The zero-order valence-electron chi connectivity index (χ0n) is 7.51. The topological polar surface area (TPSA) is 38.3 Å². The quantitative estimate of drug-likeness (QED) is 0.817. The maximum Gasteiger partial charge on any atom is 0.325 e. The number of halogens is 2. The van der Waals surface area contributed by atoms with E-state index in [1.807, 2.05) is 0 Å². The Balaban J connectivity index is 2.66. The van der Waals surface area contributed by atoms with E-state index in [2.05, 4.69) is 10.1 Å². The number of carbonyl (C=O) groups is 1. The van der Waals surface area contributed by atoms with Crippen LogP contribution in [0.15, 0.2) is 18.2 Å². The van der Waals surface area contributed by atoms with Crippen molar-refractivity contribution < 1.29 is 9.53 Å². The van der Waals surface area contributed by atoms with E-state index in [-0.39, 0.29) is 12.5 Å². The summed E-state index contributed by atoms with van der Waals surface area (Å²) in [6, 6.07) is 4.98. The zero-order chi connectivity index (χ0) is 10.6. The first-order chi connectivity index (χ1) is 6.63. The average Bonchev–Trinajstić information content (AvgIpc) is 2.19. The molecule has 0 bridgehead atoms. The predicted molar refractivity (Wildman–Crippen MR) is 57.0 cm³/mol. The Kier molecular flexibility index (Phi) is 4.04. The summed E-state index contributed by atoms with van der Waals surface area (Å²) >= 11 is 11.6. The van der Waals surface area contributed by atoms with E-state index in [0.717, 1.165) is 0 Å². The largest absolute Gasteiger partial charge is 0.468 e. The third-order valence-electron chi connectivity index (χ3n) is 1.58. The SMILES string of the molecule is COC(=O)CNc1cc(Cl)ccc1Cl. The second-order valence-electron chi connectivity index (χ2n) is 2.55. The number of benzene rings is 1. The Labute approximate surface area is 92.0 Å². The molecule has 0 aromatic heterocycles. The Hall–Kier alpha value is -0.930. The Morgan fingerprint density at radius 3 is 2.86 bits per heavy atom. The lowest BCUT2D eigenvalue weighted by Crippen LogP contribution is -2.15. The van der Waals surface area contributed by atoms with Gasteiger partial charge in [0.1, 0.15) is 6.54 Å². The van der Waals surface area contributed by atoms with Gasteiger partial charge in [0, 0.05) is 5.02 Å². The van der Waals surface area contributed by atoms with Gasteiger partial charge < -0.3 is 10.1 Å². The number of nitrogens with one attached hydrogen (secondary N) is 1. The van der Waals surface area contributed by atoms with Crippen molar-refractivity contribution in [3.63, 3.8) is 0 Å². The molecule has 0 aliphatic rings. The van der Waals surface area contributed by atoms with Crippen LogP contribution in [0, 0.1) is 0 Å². The second kappa shape index (κ2) is 5.08. The number of rotatable bonds is 3. The number of hydrogen-bond donors (Lipinski definition) is 1. The van der Waals surface area contributed by atoms with Gasteiger partial charge in [-0.15, -0.1) is 0 Å². The number of methoxy groups -OCH3 is 1. The molecule has 0 fully saturated rings. The molecule has 0 unspecified atom stereocenters. The standard InChI is InChI=1S/C9H9Cl2NO2/c1-14-9(13)5-12-8-4-6(10)2-3-7(8)11/h2-4,12H,5H2,1H3. The molecule has 76 valence electrons. The number of esters is 1. The van der Waals surface area contributed by atoms with Gasteiger partial charge in [-0.05, 0) is 18.2 Å². The van der Waals surface area contributed by atoms with Gasteiger partial charge in [0.05, 0.1) is 17.8 Å². The molecule has 5 heteroatoms. The number of hydrogen-bond acceptors (Lipinski definition) is 3. The highest BCUT2D eigenvalue weighted by atomic mass is 35.5. The van der Waals surface area contributed by atoms with Crippen LogP contribution in [0.5, 0.6) is 0 Å². The molecule has 0 saturated carbocycles. The van der Waals surface area contributed by atoms with Crippen LogP contribution in [0.1, 0.15) is 0 Å². The third kappa shape index (κ3) is 3.09. The molecule has 1 N–H and O–H groups in total. The van der Waals surface area contributed by atoms with Crippen molar-refractivity contribution in [1.82, 2.24) is 0 Å². The van der Waals surface area contributed by atoms with Gasteiger partial charge >= 0.3 is 5.97 Å². The summed E-state index contributed by atoms with van der Waals surface area (Å²) in [7, 11) is 1.32. The predicted octanol–water partition coefficient (Wildman–Crippen LogP) is 2.58. The van der Waals surface area contributed by atoms with Crippen LogP contribution in [0.3, 0.4) is 0 Å². The Morgan fingerprint density at radius 1 is 1.50 bits per heavy atom. The van der Waals surface area contributed by atoms with Crippen LogP contribution < -0.4 is 5.32 Å². The van der Waals surface area contributed by atoms with Crippen molar-refractivity contribution in [2.75, 3.05) is 19.0 Å². The maximum absolute atomic E-state index is 10.8. The Morgan fingerprint density at radius 2 is 2.21 bits per heavy atom. The summed E-state index contributed by atoms with van der Waals surface area (Å²) in [5, 5.41) is 3.88. The summed E-state index contributed by atoms with van der Waals surface area (Å²) in [4.78, 5) is 10.8. The van der Waals surface area contributed by atoms with Crippen molar-refractivity contribution in [1.29, 1.82) is 0 Å². The fourth-order valence-electron chi connectivity index (χ4n) is 0.873. The molecule has 14 heavy (non-hydrogen) atoms. The minimum absolute atomic E-state index is 0.0660. The van der Waals surface area contributed by atoms with Gasteiger partial charge in [0.25, 0.3) is 0 Å². The summed E-state index contributed by atoms with van der Waals surface area (Å²) in [6.07, 6.45) is 0. The van der Waals surface area contributed by atoms with Crippen molar-refractivity contribution in [2.24, 2.45) is 0 Å². The molecular weight excluding hydrogens is 225 g/mol. The van der Waals surface area contributed by atoms with E-state index in [4.69, 9.17) is 23.2 Å². The lowest BCUT2D eigenvalue weighted by Gasteiger charge is -2.06. The molecule has 0 saturated heterocycles. The molecule has 0 spiro atoms. The van der Waals surface area contributed by atoms with E-state index in [1.165, 1.54) is 7.11 Å². The summed E-state index contributed by atoms with van der Waals surface area (Å²) in [6.45, 7) is 0.0660. The normalized spacial score (nSPS) is 9.64. The van der Waals surface area contributed by atoms with Crippen LogP contribution in [0.4, 0.5) is 5.69 Å². The summed E-state index contributed by atoms with van der Waals surface area (Å²) in [5.41, 5.74) is 0.615. The van der Waals surface area contributed by atoms with Crippen LogP contribution >= 0.6 is 23.2 Å². The molecule has 0 atom stereocenters. The van der Waals surface area contributed by atoms with E-state index >= 15 is 0 Å². The van der Waals surface area contributed by atoms with Crippen LogP contribution in [-0.2, 0) is 9.53 Å². The smallest absolute Gasteiger partial charge is 0.325 e. The molecule has 0 aliphatic carbocycles. The molecule has 1 aromatic carbocycles. The first-order valence-corrected chi connectivity index (χ1v) is 4.65. The molecule has 0 amide bonds. The lowest BCUT2D eigenvalue weighted by molar-refractivity contribution is -0.138. The fourth-order valence-corrected chi connectivity index (χ4v) is 1.23. The molecule has 1 aromatic rings. The van der Waals surface area contributed by atoms with Crippen LogP contribution in [0.25, 0.3) is 0 Å². The van der Waals surface area contributed by atoms with E-state index in [1.54, 1.807) is 18.2 Å². The van der Waals surface area contributed by atoms with Gasteiger partial charge in [-0.1, -0.05) is 23.2 Å². The minimum Gasteiger partial charge on any atom is -0.468 e. The van der Waals surface area contributed by atoms with Gasteiger partial charge in [0.2, 0.25) is 0 Å².